The summed E-state index contributed by atoms with van der Waals surface area (Å²) in [5.41, 5.74) is 13.1. The molecule has 0 saturated heterocycles. The van der Waals surface area contributed by atoms with Gasteiger partial charge in [0.2, 0.25) is 0 Å². The molecule has 0 spiro atoms. The summed E-state index contributed by atoms with van der Waals surface area (Å²) >= 11 is 0. The second kappa shape index (κ2) is 6.86. The zero-order valence-corrected chi connectivity index (χ0v) is 12.5. The molecule has 22 heavy (non-hydrogen) atoms. The molecule has 1 heterocycles. The van der Waals surface area contributed by atoms with Crippen LogP contribution < -0.4 is 16.2 Å². The van der Waals surface area contributed by atoms with Crippen LogP contribution in [-0.4, -0.2) is 35.5 Å². The largest absolute Gasteiger partial charge is 0.488 e. The van der Waals surface area contributed by atoms with Crippen molar-refractivity contribution in [2.24, 2.45) is 0 Å². The van der Waals surface area contributed by atoms with Crippen molar-refractivity contribution in [1.29, 1.82) is 5.41 Å². The van der Waals surface area contributed by atoms with Crippen LogP contribution in [0.5, 0.6) is 5.75 Å². The van der Waals surface area contributed by atoms with Crippen LogP contribution in [0.25, 0.3) is 0 Å². The Hall–Kier alpha value is -2.67. The molecule has 0 aliphatic carbocycles. The van der Waals surface area contributed by atoms with Crippen molar-refractivity contribution in [1.82, 2.24) is 9.97 Å². The van der Waals surface area contributed by atoms with E-state index in [2.05, 4.69) is 9.97 Å². The number of aromatic nitrogens is 2. The molecule has 0 aliphatic rings. The number of ether oxygens (including phenoxy) is 2. The summed E-state index contributed by atoms with van der Waals surface area (Å²) < 4.78 is 10.8. The molecule has 0 amide bonds. The number of nitrogens with one attached hydrogen (secondary N) is 1. The van der Waals surface area contributed by atoms with Gasteiger partial charge in [0.1, 0.15) is 24.0 Å². The molecule has 2 rings (SSSR count). The lowest BCUT2D eigenvalue weighted by molar-refractivity contribution is 0.0921. The Morgan fingerprint density at radius 2 is 2.05 bits per heavy atom. The van der Waals surface area contributed by atoms with Crippen molar-refractivity contribution < 1.29 is 9.47 Å². The third-order valence-corrected chi connectivity index (χ3v) is 2.98. The van der Waals surface area contributed by atoms with Crippen molar-refractivity contribution in [2.45, 2.75) is 13.0 Å². The molecule has 1 aromatic heterocycles. The monoisotopic (exact) mass is 301 g/mol. The summed E-state index contributed by atoms with van der Waals surface area (Å²) in [5.74, 6) is 0.912. The van der Waals surface area contributed by atoms with E-state index in [0.717, 1.165) is 0 Å². The second-order valence-corrected chi connectivity index (χ2v) is 4.84. The first-order chi connectivity index (χ1) is 10.5. The number of hydrogen-bond acceptors (Lipinski definition) is 7. The van der Waals surface area contributed by atoms with Gasteiger partial charge >= 0.3 is 0 Å². The number of rotatable bonds is 6. The maximum atomic E-state index is 8.26. The molecule has 7 heteroatoms. The Kier molecular flexibility index (Phi) is 4.90. The van der Waals surface area contributed by atoms with Gasteiger partial charge in [0, 0.05) is 24.4 Å². The van der Waals surface area contributed by atoms with Crippen LogP contribution in [-0.2, 0) is 4.74 Å². The van der Waals surface area contributed by atoms with Gasteiger partial charge in [-0.2, -0.15) is 0 Å². The molecule has 0 bridgehead atoms. The fourth-order valence-electron chi connectivity index (χ4n) is 1.97. The summed E-state index contributed by atoms with van der Waals surface area (Å²) in [6.45, 7) is 2.37. The highest BCUT2D eigenvalue weighted by Gasteiger charge is 2.13. The molecule has 0 aliphatic heterocycles. The molecule has 0 saturated carbocycles. The average Bonchev–Trinajstić information content (AvgIpc) is 2.49. The van der Waals surface area contributed by atoms with Gasteiger partial charge in [0.15, 0.2) is 0 Å². The smallest absolute Gasteiger partial charge is 0.127 e. The number of nitrogens with two attached hydrogens (primary N) is 2. The summed E-state index contributed by atoms with van der Waals surface area (Å²) in [6, 6.07) is 6.70. The Morgan fingerprint density at radius 3 is 2.73 bits per heavy atom. The van der Waals surface area contributed by atoms with Crippen LogP contribution in [0.3, 0.4) is 0 Å². The second-order valence-electron chi connectivity index (χ2n) is 4.84. The van der Waals surface area contributed by atoms with Crippen molar-refractivity contribution in [3.05, 3.63) is 41.9 Å². The van der Waals surface area contributed by atoms with E-state index in [-0.39, 0.29) is 11.8 Å². The molecule has 116 valence electrons. The Bertz CT molecular complexity index is 675. The van der Waals surface area contributed by atoms with Crippen LogP contribution >= 0.6 is 0 Å². The van der Waals surface area contributed by atoms with E-state index in [9.17, 15) is 0 Å². The SMILES string of the molecule is COC[C@H](C)Oc1ccc(N)c(C(=N)c2cc(N)ncn2)c1. The Labute approximate surface area is 128 Å². The zero-order valence-electron chi connectivity index (χ0n) is 12.5. The lowest BCUT2D eigenvalue weighted by Crippen LogP contribution is -2.18. The minimum Gasteiger partial charge on any atom is -0.488 e. The van der Waals surface area contributed by atoms with Crippen LogP contribution in [0, 0.1) is 5.41 Å². The normalized spacial score (nSPS) is 11.9. The third-order valence-electron chi connectivity index (χ3n) is 2.98. The van der Waals surface area contributed by atoms with E-state index in [1.165, 1.54) is 12.4 Å². The number of benzene rings is 1. The number of nitrogen functional groups attached to an aromatic ring is 2. The predicted octanol–water partition coefficient (Wildman–Crippen LogP) is 1.47. The molecular formula is C15H19N5O2. The molecule has 2 aromatic rings. The highest BCUT2D eigenvalue weighted by atomic mass is 16.5. The fourth-order valence-corrected chi connectivity index (χ4v) is 1.97. The Morgan fingerprint density at radius 1 is 1.27 bits per heavy atom. The first kappa shape index (κ1) is 15.7. The molecular weight excluding hydrogens is 282 g/mol. The van der Waals surface area contributed by atoms with Gasteiger partial charge in [-0.15, -0.1) is 0 Å². The Balaban J connectivity index is 2.28. The van der Waals surface area contributed by atoms with E-state index in [1.807, 2.05) is 6.92 Å². The fraction of sp³-hybridized carbons (Fsp3) is 0.267. The average molecular weight is 301 g/mol. The predicted molar refractivity (Wildman–Crippen MR) is 85.2 cm³/mol. The minimum atomic E-state index is -0.106. The minimum absolute atomic E-state index is 0.106. The van der Waals surface area contributed by atoms with Gasteiger partial charge in [-0.3, -0.25) is 5.41 Å². The van der Waals surface area contributed by atoms with E-state index in [4.69, 9.17) is 26.4 Å². The highest BCUT2D eigenvalue weighted by molar-refractivity contribution is 6.13. The van der Waals surface area contributed by atoms with Gasteiger partial charge in [0.25, 0.3) is 0 Å². The number of nitrogens with zero attached hydrogens (tertiary/aromatic N) is 2. The van der Waals surface area contributed by atoms with Crippen molar-refractivity contribution in [3.63, 3.8) is 0 Å². The lowest BCUT2D eigenvalue weighted by atomic mass is 10.0. The van der Waals surface area contributed by atoms with E-state index in [0.29, 0.717) is 35.1 Å². The molecule has 0 fully saturated rings. The summed E-state index contributed by atoms with van der Waals surface area (Å²) in [6.07, 6.45) is 1.21. The van der Waals surface area contributed by atoms with Gasteiger partial charge in [0.05, 0.1) is 18.0 Å². The van der Waals surface area contributed by atoms with Crippen LogP contribution in [0.1, 0.15) is 18.2 Å². The lowest BCUT2D eigenvalue weighted by Gasteiger charge is -2.15. The van der Waals surface area contributed by atoms with Crippen LogP contribution in [0.2, 0.25) is 0 Å². The standard InChI is InChI=1S/C15H19N5O2/c1-9(7-21-2)22-10-3-4-12(16)11(5-10)15(18)13-6-14(17)20-8-19-13/h3-6,8-9,18H,7,16H2,1-2H3,(H2,17,19,20)/t9-/m0/s1. The van der Waals surface area contributed by atoms with E-state index >= 15 is 0 Å². The quantitative estimate of drug-likeness (QED) is 0.549. The van der Waals surface area contributed by atoms with Gasteiger partial charge in [-0.1, -0.05) is 0 Å². The first-order valence-electron chi connectivity index (χ1n) is 6.73. The molecule has 1 aromatic carbocycles. The maximum absolute atomic E-state index is 8.26. The topological polar surface area (TPSA) is 120 Å². The van der Waals surface area contributed by atoms with Gasteiger partial charge in [-0.05, 0) is 25.1 Å². The van der Waals surface area contributed by atoms with Crippen LogP contribution in [0.4, 0.5) is 11.5 Å². The van der Waals surface area contributed by atoms with Crippen molar-refractivity contribution in [2.75, 3.05) is 25.2 Å². The van der Waals surface area contributed by atoms with E-state index < -0.39 is 0 Å². The van der Waals surface area contributed by atoms with Crippen LogP contribution in [0.15, 0.2) is 30.6 Å². The van der Waals surface area contributed by atoms with Crippen molar-refractivity contribution in [3.8, 4) is 5.75 Å². The third kappa shape index (κ3) is 3.70. The number of methoxy groups -OCH3 is 1. The van der Waals surface area contributed by atoms with Gasteiger partial charge < -0.3 is 20.9 Å². The molecule has 0 unspecified atom stereocenters. The highest BCUT2D eigenvalue weighted by Crippen LogP contribution is 2.23. The van der Waals surface area contributed by atoms with Gasteiger partial charge in [-0.25, -0.2) is 9.97 Å². The van der Waals surface area contributed by atoms with E-state index in [1.54, 1.807) is 25.3 Å². The molecule has 1 atom stereocenters. The molecule has 0 radical (unpaired) electrons. The maximum Gasteiger partial charge on any atom is 0.127 e. The van der Waals surface area contributed by atoms with Crippen molar-refractivity contribution >= 4 is 17.2 Å². The summed E-state index contributed by atoms with van der Waals surface area (Å²) in [7, 11) is 1.61. The number of anilines is 2. The molecule has 7 nitrogen and oxygen atoms in total. The summed E-state index contributed by atoms with van der Waals surface area (Å²) in [5, 5.41) is 8.26. The first-order valence-corrected chi connectivity index (χ1v) is 6.73. The molecule has 5 N–H and O–H groups in total. The zero-order chi connectivity index (χ0) is 16.1. The number of hydrogen-bond donors (Lipinski definition) is 3. The summed E-state index contributed by atoms with van der Waals surface area (Å²) in [4.78, 5) is 7.86.